The number of carbonyl (C=O) groups excluding carboxylic acids is 1. The van der Waals surface area contributed by atoms with Crippen molar-refractivity contribution in [1.82, 2.24) is 5.32 Å². The van der Waals surface area contributed by atoms with E-state index < -0.39 is 12.0 Å². The third-order valence-corrected chi connectivity index (χ3v) is 4.07. The first-order chi connectivity index (χ1) is 9.49. The predicted molar refractivity (Wildman–Crippen MR) is 75.6 cm³/mol. The van der Waals surface area contributed by atoms with Crippen molar-refractivity contribution in [3.05, 3.63) is 35.0 Å². The third kappa shape index (κ3) is 3.33. The van der Waals surface area contributed by atoms with E-state index in [1.165, 1.54) is 23.5 Å². The molecule has 0 saturated heterocycles. The molecule has 0 radical (unpaired) electrons. The first kappa shape index (κ1) is 14.5. The molecule has 2 N–H and O–H groups in total. The summed E-state index contributed by atoms with van der Waals surface area (Å²) < 4.78 is 13.9. The van der Waals surface area contributed by atoms with E-state index in [2.05, 4.69) is 5.32 Å². The Morgan fingerprint density at radius 1 is 1.40 bits per heavy atom. The zero-order valence-corrected chi connectivity index (χ0v) is 11.7. The quantitative estimate of drug-likeness (QED) is 0.891. The molecule has 1 atom stereocenters. The van der Waals surface area contributed by atoms with Crippen LogP contribution in [0.4, 0.5) is 4.39 Å². The fourth-order valence-electron chi connectivity index (χ4n) is 1.89. The van der Waals surface area contributed by atoms with Gasteiger partial charge in [-0.25, -0.2) is 4.39 Å². The summed E-state index contributed by atoms with van der Waals surface area (Å²) >= 11 is 1.26. The smallest absolute Gasteiger partial charge is 0.305 e. The van der Waals surface area contributed by atoms with Gasteiger partial charge in [-0.15, -0.1) is 11.3 Å². The van der Waals surface area contributed by atoms with Gasteiger partial charge in [-0.2, -0.15) is 0 Å². The minimum atomic E-state index is -0.949. The number of amides is 1. The Labute approximate surface area is 119 Å². The van der Waals surface area contributed by atoms with Gasteiger partial charge in [-0.3, -0.25) is 9.59 Å². The number of carbonyl (C=O) groups is 2. The Hall–Kier alpha value is -1.95. The molecule has 1 unspecified atom stereocenters. The SMILES string of the molecule is CCC(CC(=O)O)NC(=O)c1cc2cc(F)ccc2s1. The van der Waals surface area contributed by atoms with Crippen molar-refractivity contribution in [2.24, 2.45) is 0 Å². The van der Waals surface area contributed by atoms with Gasteiger partial charge in [0.15, 0.2) is 0 Å². The minimum Gasteiger partial charge on any atom is -0.481 e. The highest BCUT2D eigenvalue weighted by atomic mass is 32.1. The molecule has 0 aliphatic heterocycles. The monoisotopic (exact) mass is 295 g/mol. The molecule has 6 heteroatoms. The van der Waals surface area contributed by atoms with E-state index >= 15 is 0 Å². The fraction of sp³-hybridized carbons (Fsp3) is 0.286. The lowest BCUT2D eigenvalue weighted by molar-refractivity contribution is -0.137. The summed E-state index contributed by atoms with van der Waals surface area (Å²) in [4.78, 5) is 23.2. The molecule has 2 aromatic rings. The summed E-state index contributed by atoms with van der Waals surface area (Å²) in [5.74, 6) is -1.62. The van der Waals surface area contributed by atoms with Crippen LogP contribution in [-0.2, 0) is 4.79 Å². The van der Waals surface area contributed by atoms with E-state index in [0.29, 0.717) is 16.7 Å². The van der Waals surface area contributed by atoms with E-state index in [-0.39, 0.29) is 18.1 Å². The van der Waals surface area contributed by atoms with E-state index in [1.54, 1.807) is 12.1 Å². The molecule has 1 aromatic carbocycles. The van der Waals surface area contributed by atoms with Gasteiger partial charge in [0.2, 0.25) is 0 Å². The average molecular weight is 295 g/mol. The first-order valence-corrected chi connectivity index (χ1v) is 7.03. The van der Waals surface area contributed by atoms with Gasteiger partial charge in [0.05, 0.1) is 11.3 Å². The van der Waals surface area contributed by atoms with Gasteiger partial charge < -0.3 is 10.4 Å². The van der Waals surface area contributed by atoms with Crippen LogP contribution in [0.1, 0.15) is 29.4 Å². The number of thiophene rings is 1. The number of halogens is 1. The van der Waals surface area contributed by atoms with Crippen molar-refractivity contribution in [2.45, 2.75) is 25.8 Å². The second-order valence-corrected chi connectivity index (χ2v) is 5.55. The first-order valence-electron chi connectivity index (χ1n) is 6.21. The molecule has 1 heterocycles. The Bertz CT molecular complexity index is 653. The van der Waals surface area contributed by atoms with Crippen LogP contribution in [0.2, 0.25) is 0 Å². The standard InChI is InChI=1S/C14H14FNO3S/c1-2-10(7-13(17)18)16-14(19)12-6-8-5-9(15)3-4-11(8)20-12/h3-6,10H,2,7H2,1H3,(H,16,19)(H,17,18). The summed E-state index contributed by atoms with van der Waals surface area (Å²) in [5, 5.41) is 12.1. The molecule has 106 valence electrons. The molecule has 1 aromatic heterocycles. The highest BCUT2D eigenvalue weighted by molar-refractivity contribution is 7.20. The van der Waals surface area contributed by atoms with E-state index in [0.717, 1.165) is 4.70 Å². The maximum Gasteiger partial charge on any atom is 0.305 e. The number of carboxylic acids is 1. The second-order valence-electron chi connectivity index (χ2n) is 4.47. The summed E-state index contributed by atoms with van der Waals surface area (Å²) in [6, 6.07) is 5.56. The Balaban J connectivity index is 2.16. The lowest BCUT2D eigenvalue weighted by atomic mass is 10.1. The van der Waals surface area contributed by atoms with Gasteiger partial charge >= 0.3 is 5.97 Å². The molecule has 0 aliphatic carbocycles. The predicted octanol–water partition coefficient (Wildman–Crippen LogP) is 3.02. The number of rotatable bonds is 5. The molecular weight excluding hydrogens is 281 g/mol. The molecule has 0 spiro atoms. The highest BCUT2D eigenvalue weighted by Crippen LogP contribution is 2.26. The van der Waals surface area contributed by atoms with E-state index in [4.69, 9.17) is 5.11 Å². The van der Waals surface area contributed by atoms with Crippen LogP contribution in [0.15, 0.2) is 24.3 Å². The van der Waals surface area contributed by atoms with Gasteiger partial charge in [0.25, 0.3) is 5.91 Å². The largest absolute Gasteiger partial charge is 0.481 e. The van der Waals surface area contributed by atoms with Crippen molar-refractivity contribution in [1.29, 1.82) is 0 Å². The van der Waals surface area contributed by atoms with Crippen LogP contribution in [0.5, 0.6) is 0 Å². The molecule has 2 rings (SSSR count). The second kappa shape index (κ2) is 6.00. The minimum absolute atomic E-state index is 0.109. The number of fused-ring (bicyclic) bond motifs is 1. The van der Waals surface area contributed by atoms with Crippen LogP contribution in [-0.4, -0.2) is 23.0 Å². The van der Waals surface area contributed by atoms with Crippen LogP contribution >= 0.6 is 11.3 Å². The van der Waals surface area contributed by atoms with Crippen molar-refractivity contribution >= 4 is 33.3 Å². The van der Waals surface area contributed by atoms with Gasteiger partial charge in [0.1, 0.15) is 5.82 Å². The average Bonchev–Trinajstić information content (AvgIpc) is 2.80. The maximum atomic E-state index is 13.1. The molecule has 0 fully saturated rings. The number of hydrogen-bond acceptors (Lipinski definition) is 3. The van der Waals surface area contributed by atoms with Crippen molar-refractivity contribution in [3.63, 3.8) is 0 Å². The van der Waals surface area contributed by atoms with E-state index in [9.17, 15) is 14.0 Å². The Morgan fingerprint density at radius 3 is 2.80 bits per heavy atom. The van der Waals surface area contributed by atoms with Gasteiger partial charge in [-0.1, -0.05) is 6.92 Å². The number of carboxylic acid groups (broad SMARTS) is 1. The van der Waals surface area contributed by atoms with Crippen LogP contribution in [0.3, 0.4) is 0 Å². The topological polar surface area (TPSA) is 66.4 Å². The summed E-state index contributed by atoms with van der Waals surface area (Å²) in [6.45, 7) is 1.81. The maximum absolute atomic E-state index is 13.1. The summed E-state index contributed by atoms with van der Waals surface area (Å²) in [6.07, 6.45) is 0.430. The normalized spacial score (nSPS) is 12.3. The van der Waals surface area contributed by atoms with Crippen LogP contribution < -0.4 is 5.32 Å². The zero-order valence-electron chi connectivity index (χ0n) is 10.9. The lowest BCUT2D eigenvalue weighted by Crippen LogP contribution is -2.35. The molecule has 0 saturated carbocycles. The molecule has 0 bridgehead atoms. The highest BCUT2D eigenvalue weighted by Gasteiger charge is 2.17. The molecular formula is C14H14FNO3S. The zero-order chi connectivity index (χ0) is 14.7. The van der Waals surface area contributed by atoms with Crippen molar-refractivity contribution in [2.75, 3.05) is 0 Å². The molecule has 0 aliphatic rings. The van der Waals surface area contributed by atoms with Gasteiger partial charge in [0, 0.05) is 10.7 Å². The van der Waals surface area contributed by atoms with Crippen LogP contribution in [0, 0.1) is 5.82 Å². The number of hydrogen-bond donors (Lipinski definition) is 2. The van der Waals surface area contributed by atoms with Crippen molar-refractivity contribution < 1.29 is 19.1 Å². The fourth-order valence-corrected chi connectivity index (χ4v) is 2.84. The Morgan fingerprint density at radius 2 is 2.15 bits per heavy atom. The number of nitrogens with one attached hydrogen (secondary N) is 1. The summed E-state index contributed by atoms with van der Waals surface area (Å²) in [5.41, 5.74) is 0. The third-order valence-electron chi connectivity index (χ3n) is 2.95. The van der Waals surface area contributed by atoms with Crippen molar-refractivity contribution in [3.8, 4) is 0 Å². The Kier molecular flexibility index (Phi) is 4.34. The number of aliphatic carboxylic acids is 1. The van der Waals surface area contributed by atoms with Gasteiger partial charge in [-0.05, 0) is 36.1 Å². The summed E-state index contributed by atoms with van der Waals surface area (Å²) in [7, 11) is 0. The molecule has 4 nitrogen and oxygen atoms in total. The number of benzene rings is 1. The molecule has 1 amide bonds. The van der Waals surface area contributed by atoms with Crippen LogP contribution in [0.25, 0.3) is 10.1 Å². The molecule has 20 heavy (non-hydrogen) atoms. The lowest BCUT2D eigenvalue weighted by Gasteiger charge is -2.13. The van der Waals surface area contributed by atoms with E-state index in [1.807, 2.05) is 6.92 Å².